The summed E-state index contributed by atoms with van der Waals surface area (Å²) < 4.78 is 47.1. The largest absolute Gasteiger partial charge is 0.381 e. The van der Waals surface area contributed by atoms with Gasteiger partial charge < -0.3 is 4.74 Å². The lowest BCUT2D eigenvalue weighted by atomic mass is 9.74. The first kappa shape index (κ1) is 19.0. The summed E-state index contributed by atoms with van der Waals surface area (Å²) in [7, 11) is -3.62. The quantitative estimate of drug-likeness (QED) is 0.868. The number of nitrogens with one attached hydrogen (secondary N) is 1. The Morgan fingerprint density at radius 1 is 1.04 bits per heavy atom. The Bertz CT molecular complexity index is 872. The third-order valence-electron chi connectivity index (χ3n) is 5.30. The summed E-state index contributed by atoms with van der Waals surface area (Å²) in [6.45, 7) is 5.22. The number of sulfonamides is 1. The van der Waals surface area contributed by atoms with Crippen molar-refractivity contribution in [1.29, 1.82) is 0 Å². The van der Waals surface area contributed by atoms with E-state index in [0.29, 0.717) is 26.1 Å². The van der Waals surface area contributed by atoms with Gasteiger partial charge in [0.1, 0.15) is 5.82 Å². The van der Waals surface area contributed by atoms with Crippen molar-refractivity contribution in [2.45, 2.75) is 37.0 Å². The number of aryl methyl sites for hydroxylation is 2. The number of hydrogen-bond donors (Lipinski definition) is 1. The summed E-state index contributed by atoms with van der Waals surface area (Å²) in [5, 5.41) is 0. The van der Waals surface area contributed by atoms with Crippen LogP contribution >= 0.6 is 0 Å². The van der Waals surface area contributed by atoms with Crippen LogP contribution in [0, 0.1) is 19.7 Å². The van der Waals surface area contributed by atoms with Gasteiger partial charge in [0, 0.05) is 25.2 Å². The SMILES string of the molecule is Cc1ccc(S(=O)(=O)NCC2(c3ccc(F)cc3)CCOCC2)cc1C. The van der Waals surface area contributed by atoms with Crippen LogP contribution in [0.4, 0.5) is 4.39 Å². The Hall–Kier alpha value is -1.76. The molecule has 0 amide bonds. The average Bonchev–Trinajstić information content (AvgIpc) is 2.64. The average molecular weight is 377 g/mol. The topological polar surface area (TPSA) is 55.4 Å². The molecule has 1 heterocycles. The second-order valence-corrected chi connectivity index (χ2v) is 8.74. The molecule has 140 valence electrons. The van der Waals surface area contributed by atoms with Crippen LogP contribution in [-0.2, 0) is 20.2 Å². The van der Waals surface area contributed by atoms with E-state index in [4.69, 9.17) is 4.74 Å². The van der Waals surface area contributed by atoms with Crippen molar-refractivity contribution >= 4 is 10.0 Å². The fraction of sp³-hybridized carbons (Fsp3) is 0.400. The van der Waals surface area contributed by atoms with Gasteiger partial charge in [-0.05, 0) is 67.6 Å². The summed E-state index contributed by atoms with van der Waals surface area (Å²) in [5.41, 5.74) is 2.53. The van der Waals surface area contributed by atoms with Crippen molar-refractivity contribution in [1.82, 2.24) is 4.72 Å². The second kappa shape index (κ2) is 7.47. The fourth-order valence-electron chi connectivity index (χ4n) is 3.33. The minimum absolute atomic E-state index is 0.261. The highest BCUT2D eigenvalue weighted by atomic mass is 32.2. The molecule has 4 nitrogen and oxygen atoms in total. The molecule has 0 atom stereocenters. The summed E-state index contributed by atoms with van der Waals surface area (Å²) in [6, 6.07) is 11.4. The Kier molecular flexibility index (Phi) is 5.46. The molecule has 1 saturated heterocycles. The maximum Gasteiger partial charge on any atom is 0.240 e. The van der Waals surface area contributed by atoms with E-state index in [1.54, 1.807) is 24.3 Å². The summed E-state index contributed by atoms with van der Waals surface area (Å²) in [4.78, 5) is 0.266. The van der Waals surface area contributed by atoms with Crippen LogP contribution in [0.25, 0.3) is 0 Å². The zero-order valence-corrected chi connectivity index (χ0v) is 15.9. The van der Waals surface area contributed by atoms with Gasteiger partial charge in [0.15, 0.2) is 0 Å². The molecule has 0 spiro atoms. The molecule has 2 aromatic carbocycles. The predicted molar refractivity (Wildman–Crippen MR) is 99.2 cm³/mol. The van der Waals surface area contributed by atoms with E-state index >= 15 is 0 Å². The van der Waals surface area contributed by atoms with E-state index in [9.17, 15) is 12.8 Å². The Balaban J connectivity index is 1.85. The van der Waals surface area contributed by atoms with Gasteiger partial charge in [-0.3, -0.25) is 0 Å². The molecule has 0 aromatic heterocycles. The first-order valence-electron chi connectivity index (χ1n) is 8.73. The fourth-order valence-corrected chi connectivity index (χ4v) is 4.54. The lowest BCUT2D eigenvalue weighted by Gasteiger charge is -2.38. The third kappa shape index (κ3) is 3.98. The molecular weight excluding hydrogens is 353 g/mol. The zero-order chi connectivity index (χ0) is 18.8. The van der Waals surface area contributed by atoms with Crippen molar-refractivity contribution in [2.24, 2.45) is 0 Å². The molecular formula is C20H24FNO3S. The number of benzene rings is 2. The molecule has 0 aliphatic carbocycles. The second-order valence-electron chi connectivity index (χ2n) is 6.97. The van der Waals surface area contributed by atoms with Crippen molar-refractivity contribution in [3.8, 4) is 0 Å². The van der Waals surface area contributed by atoms with Gasteiger partial charge in [-0.2, -0.15) is 0 Å². The zero-order valence-electron chi connectivity index (χ0n) is 15.1. The van der Waals surface area contributed by atoms with Gasteiger partial charge in [-0.1, -0.05) is 18.2 Å². The summed E-state index contributed by atoms with van der Waals surface area (Å²) in [5.74, 6) is -0.299. The molecule has 3 rings (SSSR count). The van der Waals surface area contributed by atoms with Gasteiger partial charge in [0.2, 0.25) is 10.0 Å². The lowest BCUT2D eigenvalue weighted by Crippen LogP contribution is -2.44. The molecule has 1 aliphatic heterocycles. The highest BCUT2D eigenvalue weighted by Gasteiger charge is 2.35. The van der Waals surface area contributed by atoms with Crippen LogP contribution in [-0.4, -0.2) is 28.2 Å². The van der Waals surface area contributed by atoms with Crippen LogP contribution in [0.15, 0.2) is 47.4 Å². The number of ether oxygens (including phenoxy) is 1. The first-order chi connectivity index (χ1) is 12.3. The third-order valence-corrected chi connectivity index (χ3v) is 6.69. The Morgan fingerprint density at radius 2 is 1.69 bits per heavy atom. The molecule has 1 aliphatic rings. The van der Waals surface area contributed by atoms with Crippen molar-refractivity contribution in [3.63, 3.8) is 0 Å². The van der Waals surface area contributed by atoms with Crippen molar-refractivity contribution in [3.05, 3.63) is 65.0 Å². The number of halogens is 1. The molecule has 1 N–H and O–H groups in total. The lowest BCUT2D eigenvalue weighted by molar-refractivity contribution is 0.0517. The molecule has 0 unspecified atom stereocenters. The minimum atomic E-state index is -3.62. The van der Waals surface area contributed by atoms with E-state index in [-0.39, 0.29) is 17.3 Å². The van der Waals surface area contributed by atoms with Crippen LogP contribution < -0.4 is 4.72 Å². The van der Waals surface area contributed by atoms with Crippen LogP contribution in [0.3, 0.4) is 0 Å². The summed E-state index contributed by atoms with van der Waals surface area (Å²) >= 11 is 0. The molecule has 2 aromatic rings. The normalized spacial score (nSPS) is 17.2. The van der Waals surface area contributed by atoms with E-state index in [1.807, 2.05) is 19.9 Å². The highest BCUT2D eigenvalue weighted by molar-refractivity contribution is 7.89. The predicted octanol–water partition coefficient (Wildman–Crippen LogP) is 3.47. The van der Waals surface area contributed by atoms with Crippen LogP contribution in [0.5, 0.6) is 0 Å². The summed E-state index contributed by atoms with van der Waals surface area (Å²) in [6.07, 6.45) is 1.38. The van der Waals surface area contributed by atoms with E-state index in [2.05, 4.69) is 4.72 Å². The maximum atomic E-state index is 13.3. The molecule has 26 heavy (non-hydrogen) atoms. The number of rotatable bonds is 5. The van der Waals surface area contributed by atoms with E-state index < -0.39 is 15.4 Å². The smallest absolute Gasteiger partial charge is 0.240 e. The molecule has 0 saturated carbocycles. The standard InChI is InChI=1S/C20H24FNO3S/c1-15-3-8-19(13-16(15)2)26(23,24)22-14-20(9-11-25-12-10-20)17-4-6-18(21)7-5-17/h3-8,13,22H,9-12,14H2,1-2H3. The van der Waals surface area contributed by atoms with E-state index in [0.717, 1.165) is 16.7 Å². The molecule has 0 radical (unpaired) electrons. The van der Waals surface area contributed by atoms with Crippen LogP contribution in [0.2, 0.25) is 0 Å². The Labute approximate surface area is 154 Å². The number of hydrogen-bond acceptors (Lipinski definition) is 3. The van der Waals surface area contributed by atoms with Gasteiger partial charge in [0.05, 0.1) is 4.90 Å². The molecule has 0 bridgehead atoms. The van der Waals surface area contributed by atoms with Crippen molar-refractivity contribution < 1.29 is 17.5 Å². The van der Waals surface area contributed by atoms with E-state index in [1.165, 1.54) is 12.1 Å². The Morgan fingerprint density at radius 3 is 2.31 bits per heavy atom. The monoisotopic (exact) mass is 377 g/mol. The van der Waals surface area contributed by atoms with Crippen LogP contribution in [0.1, 0.15) is 29.5 Å². The van der Waals surface area contributed by atoms with Gasteiger partial charge in [-0.25, -0.2) is 17.5 Å². The van der Waals surface area contributed by atoms with Gasteiger partial charge in [0.25, 0.3) is 0 Å². The minimum Gasteiger partial charge on any atom is -0.381 e. The van der Waals surface area contributed by atoms with Crippen molar-refractivity contribution in [2.75, 3.05) is 19.8 Å². The maximum absolute atomic E-state index is 13.3. The van der Waals surface area contributed by atoms with Gasteiger partial charge in [-0.15, -0.1) is 0 Å². The first-order valence-corrected chi connectivity index (χ1v) is 10.2. The highest BCUT2D eigenvalue weighted by Crippen LogP contribution is 2.34. The van der Waals surface area contributed by atoms with Gasteiger partial charge >= 0.3 is 0 Å². The molecule has 6 heteroatoms. The molecule has 1 fully saturated rings.